The minimum absolute atomic E-state index is 0.188. The van der Waals surface area contributed by atoms with Crippen molar-refractivity contribution in [1.29, 1.82) is 0 Å². The highest BCUT2D eigenvalue weighted by molar-refractivity contribution is 6.30. The van der Waals surface area contributed by atoms with Crippen LogP contribution in [0.4, 0.5) is 10.5 Å². The minimum Gasteiger partial charge on any atom is -0.495 e. The number of rotatable bonds is 5. The molecule has 7 heteroatoms. The van der Waals surface area contributed by atoms with Crippen LogP contribution in [0.5, 0.6) is 5.75 Å². The summed E-state index contributed by atoms with van der Waals surface area (Å²) in [5, 5.41) is 2.96. The van der Waals surface area contributed by atoms with Crippen LogP contribution in [-0.4, -0.2) is 39.3 Å². The number of hydrogen-bond acceptors (Lipinski definition) is 4. The summed E-state index contributed by atoms with van der Waals surface area (Å²) < 4.78 is 9.89. The highest BCUT2D eigenvalue weighted by Gasteiger charge is 2.16. The van der Waals surface area contributed by atoms with E-state index in [1.807, 2.05) is 0 Å². The van der Waals surface area contributed by atoms with E-state index in [-0.39, 0.29) is 13.2 Å². The number of urea groups is 1. The SMILES string of the molecule is CCOC(=O)CNC(=O)N(C)c1ccc(Cl)cc1OC. The van der Waals surface area contributed by atoms with E-state index in [4.69, 9.17) is 21.1 Å². The molecule has 0 aliphatic carbocycles. The second-order valence-electron chi connectivity index (χ2n) is 3.84. The average Bonchev–Trinajstić information content (AvgIpc) is 2.44. The first-order valence-electron chi connectivity index (χ1n) is 6.00. The molecular formula is C13H17ClN2O4. The third kappa shape index (κ3) is 4.31. The van der Waals surface area contributed by atoms with Gasteiger partial charge < -0.3 is 14.8 Å². The normalized spacial score (nSPS) is 9.80. The largest absolute Gasteiger partial charge is 0.495 e. The maximum Gasteiger partial charge on any atom is 0.325 e. The Bertz CT molecular complexity index is 493. The summed E-state index contributed by atoms with van der Waals surface area (Å²) in [5.41, 5.74) is 0.540. The Morgan fingerprint density at radius 1 is 1.40 bits per heavy atom. The Kier molecular flexibility index (Phi) is 6.11. The van der Waals surface area contributed by atoms with Crippen LogP contribution in [-0.2, 0) is 9.53 Å². The van der Waals surface area contributed by atoms with E-state index in [0.717, 1.165) is 0 Å². The molecule has 0 fully saturated rings. The van der Waals surface area contributed by atoms with E-state index in [0.29, 0.717) is 16.5 Å². The topological polar surface area (TPSA) is 67.9 Å². The molecule has 1 N–H and O–H groups in total. The molecule has 2 amide bonds. The van der Waals surface area contributed by atoms with Gasteiger partial charge in [-0.15, -0.1) is 0 Å². The summed E-state index contributed by atoms with van der Waals surface area (Å²) in [6.07, 6.45) is 0. The Balaban J connectivity index is 2.71. The van der Waals surface area contributed by atoms with Gasteiger partial charge in [0.25, 0.3) is 0 Å². The van der Waals surface area contributed by atoms with E-state index in [2.05, 4.69) is 5.32 Å². The molecule has 1 aromatic carbocycles. The maximum atomic E-state index is 11.9. The van der Waals surface area contributed by atoms with Crippen molar-refractivity contribution in [3.05, 3.63) is 23.2 Å². The summed E-state index contributed by atoms with van der Waals surface area (Å²) >= 11 is 5.86. The van der Waals surface area contributed by atoms with Crippen molar-refractivity contribution >= 4 is 29.3 Å². The molecule has 6 nitrogen and oxygen atoms in total. The molecule has 20 heavy (non-hydrogen) atoms. The second kappa shape index (κ2) is 7.59. The van der Waals surface area contributed by atoms with Crippen molar-refractivity contribution < 1.29 is 19.1 Å². The second-order valence-corrected chi connectivity index (χ2v) is 4.28. The lowest BCUT2D eigenvalue weighted by molar-refractivity contribution is -0.141. The number of amides is 2. The fourth-order valence-corrected chi connectivity index (χ4v) is 1.68. The fourth-order valence-electron chi connectivity index (χ4n) is 1.52. The zero-order valence-corrected chi connectivity index (χ0v) is 12.4. The van der Waals surface area contributed by atoms with Crippen LogP contribution in [0.3, 0.4) is 0 Å². The van der Waals surface area contributed by atoms with Crippen LogP contribution >= 0.6 is 11.6 Å². The fraction of sp³-hybridized carbons (Fsp3) is 0.385. The number of esters is 1. The third-order valence-corrected chi connectivity index (χ3v) is 2.73. The Hall–Kier alpha value is -1.95. The first-order valence-corrected chi connectivity index (χ1v) is 6.38. The molecule has 0 saturated heterocycles. The molecule has 0 saturated carbocycles. The maximum absolute atomic E-state index is 11.9. The lowest BCUT2D eigenvalue weighted by Gasteiger charge is -2.20. The molecular weight excluding hydrogens is 284 g/mol. The van der Waals surface area contributed by atoms with Crippen molar-refractivity contribution in [2.24, 2.45) is 0 Å². The molecule has 0 bridgehead atoms. The van der Waals surface area contributed by atoms with Gasteiger partial charge in [-0.25, -0.2) is 4.79 Å². The molecule has 0 aliphatic rings. The van der Waals surface area contributed by atoms with E-state index >= 15 is 0 Å². The first-order chi connectivity index (χ1) is 9.49. The van der Waals surface area contributed by atoms with Crippen molar-refractivity contribution in [3.8, 4) is 5.75 Å². The van der Waals surface area contributed by atoms with Gasteiger partial charge in [-0.3, -0.25) is 9.69 Å². The number of halogens is 1. The van der Waals surface area contributed by atoms with Gasteiger partial charge in [0.15, 0.2) is 0 Å². The molecule has 110 valence electrons. The van der Waals surface area contributed by atoms with Crippen molar-refractivity contribution in [2.45, 2.75) is 6.92 Å². The van der Waals surface area contributed by atoms with Crippen LogP contribution in [0.25, 0.3) is 0 Å². The van der Waals surface area contributed by atoms with Crippen molar-refractivity contribution in [3.63, 3.8) is 0 Å². The lowest BCUT2D eigenvalue weighted by atomic mass is 10.2. The molecule has 0 unspecified atom stereocenters. The van der Waals surface area contributed by atoms with Gasteiger partial charge in [0.2, 0.25) is 0 Å². The Labute approximate surface area is 122 Å². The van der Waals surface area contributed by atoms with Crippen LogP contribution in [0.2, 0.25) is 5.02 Å². The number of benzene rings is 1. The minimum atomic E-state index is -0.489. The summed E-state index contributed by atoms with van der Waals surface area (Å²) in [6.45, 7) is 1.78. The highest BCUT2D eigenvalue weighted by Crippen LogP contribution is 2.30. The van der Waals surface area contributed by atoms with Gasteiger partial charge in [0.05, 0.1) is 19.4 Å². The number of carbonyl (C=O) groups is 2. The molecule has 0 atom stereocenters. The monoisotopic (exact) mass is 300 g/mol. The first kappa shape index (κ1) is 16.1. The molecule has 1 rings (SSSR count). The molecule has 0 heterocycles. The van der Waals surface area contributed by atoms with Gasteiger partial charge in [-0.05, 0) is 19.1 Å². The average molecular weight is 301 g/mol. The molecule has 0 aromatic heterocycles. The zero-order chi connectivity index (χ0) is 15.1. The van der Waals surface area contributed by atoms with Gasteiger partial charge >= 0.3 is 12.0 Å². The van der Waals surface area contributed by atoms with Crippen molar-refractivity contribution in [2.75, 3.05) is 32.2 Å². The van der Waals surface area contributed by atoms with Gasteiger partial charge in [0.1, 0.15) is 12.3 Å². The molecule has 0 radical (unpaired) electrons. The molecule has 1 aromatic rings. The quantitative estimate of drug-likeness (QED) is 0.845. The number of hydrogen-bond donors (Lipinski definition) is 1. The number of nitrogens with one attached hydrogen (secondary N) is 1. The summed E-state index contributed by atoms with van der Waals surface area (Å²) in [5.74, 6) is -0.0244. The van der Waals surface area contributed by atoms with Gasteiger partial charge in [-0.1, -0.05) is 11.6 Å². The predicted octanol–water partition coefficient (Wildman–Crippen LogP) is 2.06. The van der Waals surface area contributed by atoms with Crippen LogP contribution in [0.1, 0.15) is 6.92 Å². The smallest absolute Gasteiger partial charge is 0.325 e. The van der Waals surface area contributed by atoms with Crippen LogP contribution in [0, 0.1) is 0 Å². The summed E-state index contributed by atoms with van der Waals surface area (Å²) in [6, 6.07) is 4.46. The number of carbonyl (C=O) groups excluding carboxylic acids is 2. The lowest BCUT2D eigenvalue weighted by Crippen LogP contribution is -2.40. The van der Waals surface area contributed by atoms with Crippen LogP contribution < -0.4 is 15.0 Å². The number of anilines is 1. The van der Waals surface area contributed by atoms with E-state index in [9.17, 15) is 9.59 Å². The predicted molar refractivity (Wildman–Crippen MR) is 76.4 cm³/mol. The summed E-state index contributed by atoms with van der Waals surface area (Å²) in [7, 11) is 3.05. The number of methoxy groups -OCH3 is 1. The standard InChI is InChI=1S/C13H17ClN2O4/c1-4-20-12(17)8-15-13(18)16(2)10-6-5-9(14)7-11(10)19-3/h5-7H,4,8H2,1-3H3,(H,15,18). The molecule has 0 spiro atoms. The number of nitrogens with zero attached hydrogens (tertiary/aromatic N) is 1. The Morgan fingerprint density at radius 3 is 2.70 bits per heavy atom. The zero-order valence-electron chi connectivity index (χ0n) is 11.6. The van der Waals surface area contributed by atoms with E-state index in [1.165, 1.54) is 12.0 Å². The van der Waals surface area contributed by atoms with Gasteiger partial charge in [-0.2, -0.15) is 0 Å². The highest BCUT2D eigenvalue weighted by atomic mass is 35.5. The molecule has 0 aliphatic heterocycles. The van der Waals surface area contributed by atoms with Crippen molar-refractivity contribution in [1.82, 2.24) is 5.32 Å². The third-order valence-electron chi connectivity index (χ3n) is 2.50. The number of ether oxygens (including phenoxy) is 2. The van der Waals surface area contributed by atoms with Crippen LogP contribution in [0.15, 0.2) is 18.2 Å². The summed E-state index contributed by atoms with van der Waals surface area (Å²) in [4.78, 5) is 24.4. The Morgan fingerprint density at radius 2 is 2.10 bits per heavy atom. The van der Waals surface area contributed by atoms with E-state index in [1.54, 1.807) is 32.2 Å². The van der Waals surface area contributed by atoms with E-state index < -0.39 is 12.0 Å². The van der Waals surface area contributed by atoms with Gasteiger partial charge in [0, 0.05) is 18.1 Å².